The average Bonchev–Trinajstić information content (AvgIpc) is 2.29. The lowest BCUT2D eigenvalue weighted by molar-refractivity contribution is 0.0176. The smallest absolute Gasteiger partial charge is 0.431 e. The SMILES string of the molecule is O=C(OCC(O)CO)Oc1ccc(I)cc1. The van der Waals surface area contributed by atoms with E-state index in [0.717, 1.165) is 3.57 Å². The van der Waals surface area contributed by atoms with Crippen molar-refractivity contribution in [1.29, 1.82) is 0 Å². The second-order valence-corrected chi connectivity index (χ2v) is 4.20. The lowest BCUT2D eigenvalue weighted by atomic mass is 10.3. The normalized spacial score (nSPS) is 11.9. The molecule has 6 heteroatoms. The molecule has 1 unspecified atom stereocenters. The molecular formula is C10H11IO5. The summed E-state index contributed by atoms with van der Waals surface area (Å²) in [6, 6.07) is 6.83. The van der Waals surface area contributed by atoms with Crippen LogP contribution >= 0.6 is 22.6 Å². The molecule has 0 saturated carbocycles. The minimum Gasteiger partial charge on any atom is -0.431 e. The van der Waals surface area contributed by atoms with Crippen molar-refractivity contribution in [2.24, 2.45) is 0 Å². The zero-order valence-corrected chi connectivity index (χ0v) is 10.5. The van der Waals surface area contributed by atoms with Crippen molar-refractivity contribution in [2.45, 2.75) is 6.10 Å². The number of carbonyl (C=O) groups excluding carboxylic acids is 1. The molecule has 0 aliphatic heterocycles. The van der Waals surface area contributed by atoms with Gasteiger partial charge in [0.15, 0.2) is 0 Å². The second-order valence-electron chi connectivity index (χ2n) is 2.95. The number of carbonyl (C=O) groups is 1. The number of benzene rings is 1. The van der Waals surface area contributed by atoms with E-state index < -0.39 is 18.9 Å². The molecule has 0 amide bonds. The molecule has 0 fully saturated rings. The van der Waals surface area contributed by atoms with Gasteiger partial charge in [-0.1, -0.05) is 0 Å². The maximum absolute atomic E-state index is 11.1. The minimum absolute atomic E-state index is 0.292. The highest BCUT2D eigenvalue weighted by molar-refractivity contribution is 14.1. The van der Waals surface area contributed by atoms with Gasteiger partial charge in [0.05, 0.1) is 6.61 Å². The molecule has 1 atom stereocenters. The molecule has 0 heterocycles. The van der Waals surface area contributed by atoms with Crippen molar-refractivity contribution in [3.63, 3.8) is 0 Å². The lowest BCUT2D eigenvalue weighted by Gasteiger charge is -2.08. The lowest BCUT2D eigenvalue weighted by Crippen LogP contribution is -2.23. The van der Waals surface area contributed by atoms with Gasteiger partial charge in [-0.3, -0.25) is 0 Å². The maximum Gasteiger partial charge on any atom is 0.513 e. The Hall–Kier alpha value is -0.860. The van der Waals surface area contributed by atoms with Crippen molar-refractivity contribution in [1.82, 2.24) is 0 Å². The highest BCUT2D eigenvalue weighted by atomic mass is 127. The topological polar surface area (TPSA) is 76.0 Å². The van der Waals surface area contributed by atoms with Crippen molar-refractivity contribution in [3.8, 4) is 5.75 Å². The summed E-state index contributed by atoms with van der Waals surface area (Å²) in [6.45, 7) is -0.753. The molecule has 0 aliphatic rings. The van der Waals surface area contributed by atoms with Crippen LogP contribution in [0.3, 0.4) is 0 Å². The molecule has 16 heavy (non-hydrogen) atoms. The Morgan fingerprint density at radius 3 is 2.56 bits per heavy atom. The highest BCUT2D eigenvalue weighted by Gasteiger charge is 2.09. The first-order chi connectivity index (χ1) is 7.61. The van der Waals surface area contributed by atoms with E-state index in [1.807, 2.05) is 0 Å². The number of aliphatic hydroxyl groups excluding tert-OH is 2. The Kier molecular flexibility index (Phi) is 5.50. The van der Waals surface area contributed by atoms with Crippen LogP contribution in [-0.2, 0) is 4.74 Å². The summed E-state index contributed by atoms with van der Waals surface area (Å²) >= 11 is 2.13. The molecule has 0 radical (unpaired) electrons. The third kappa shape index (κ3) is 4.77. The zero-order chi connectivity index (χ0) is 12.0. The Morgan fingerprint density at radius 1 is 1.38 bits per heavy atom. The van der Waals surface area contributed by atoms with Crippen LogP contribution in [-0.4, -0.2) is 35.7 Å². The average molecular weight is 338 g/mol. The fourth-order valence-corrected chi connectivity index (χ4v) is 1.20. The van der Waals surface area contributed by atoms with Crippen LogP contribution in [0.1, 0.15) is 0 Å². The van der Waals surface area contributed by atoms with Crippen LogP contribution in [0, 0.1) is 3.57 Å². The number of ether oxygens (including phenoxy) is 2. The molecule has 1 aromatic carbocycles. The first-order valence-corrected chi connectivity index (χ1v) is 5.59. The van der Waals surface area contributed by atoms with Crippen LogP contribution in [0.15, 0.2) is 24.3 Å². The molecule has 88 valence electrons. The maximum atomic E-state index is 11.1. The monoisotopic (exact) mass is 338 g/mol. The van der Waals surface area contributed by atoms with E-state index in [9.17, 15) is 4.79 Å². The van der Waals surface area contributed by atoms with Crippen LogP contribution in [0.4, 0.5) is 4.79 Å². The van der Waals surface area contributed by atoms with Gasteiger partial charge in [0.25, 0.3) is 0 Å². The molecule has 0 aliphatic carbocycles. The van der Waals surface area contributed by atoms with Crippen molar-refractivity contribution in [2.75, 3.05) is 13.2 Å². The van der Waals surface area contributed by atoms with Crippen molar-refractivity contribution >= 4 is 28.7 Å². The van der Waals surface area contributed by atoms with E-state index in [0.29, 0.717) is 5.75 Å². The van der Waals surface area contributed by atoms with Crippen LogP contribution in [0.2, 0.25) is 0 Å². The fourth-order valence-electron chi connectivity index (χ4n) is 0.845. The van der Waals surface area contributed by atoms with Gasteiger partial charge in [-0.2, -0.15) is 0 Å². The third-order valence-corrected chi connectivity index (χ3v) is 2.34. The fraction of sp³-hybridized carbons (Fsp3) is 0.300. The number of halogens is 1. The number of rotatable bonds is 4. The molecule has 0 aromatic heterocycles. The summed E-state index contributed by atoms with van der Waals surface area (Å²) in [6.07, 6.45) is -1.99. The van der Waals surface area contributed by atoms with Gasteiger partial charge in [-0.15, -0.1) is 0 Å². The predicted octanol–water partition coefficient (Wildman–Crippen LogP) is 1.16. The molecule has 5 nitrogen and oxygen atoms in total. The number of hydrogen-bond donors (Lipinski definition) is 2. The Labute approximate surface area is 106 Å². The van der Waals surface area contributed by atoms with E-state index in [1.165, 1.54) is 0 Å². The third-order valence-electron chi connectivity index (χ3n) is 1.62. The number of aliphatic hydroxyl groups is 2. The molecule has 0 saturated heterocycles. The summed E-state index contributed by atoms with van der Waals surface area (Å²) in [5.41, 5.74) is 0. The Morgan fingerprint density at radius 2 is 2.00 bits per heavy atom. The first kappa shape index (κ1) is 13.2. The van der Waals surface area contributed by atoms with Gasteiger partial charge >= 0.3 is 6.16 Å². The van der Waals surface area contributed by atoms with Crippen LogP contribution in [0.5, 0.6) is 5.75 Å². The van der Waals surface area contributed by atoms with Crippen molar-refractivity contribution in [3.05, 3.63) is 27.8 Å². The summed E-state index contributed by atoms with van der Waals surface area (Å²) in [5, 5.41) is 17.4. The van der Waals surface area contributed by atoms with Gasteiger partial charge in [-0.05, 0) is 46.9 Å². The van der Waals surface area contributed by atoms with E-state index in [2.05, 4.69) is 27.3 Å². The standard InChI is InChI=1S/C10H11IO5/c11-7-1-3-9(4-2-7)16-10(14)15-6-8(13)5-12/h1-4,8,12-13H,5-6H2. The molecule has 0 bridgehead atoms. The van der Waals surface area contributed by atoms with E-state index in [1.54, 1.807) is 24.3 Å². The Balaban J connectivity index is 2.37. The van der Waals surface area contributed by atoms with Gasteiger partial charge in [0.2, 0.25) is 0 Å². The molecule has 2 N–H and O–H groups in total. The second kappa shape index (κ2) is 6.66. The van der Waals surface area contributed by atoms with Crippen molar-refractivity contribution < 1.29 is 24.5 Å². The predicted molar refractivity (Wildman–Crippen MR) is 64.2 cm³/mol. The Bertz CT molecular complexity index is 338. The number of hydrogen-bond acceptors (Lipinski definition) is 5. The van der Waals surface area contributed by atoms with Crippen LogP contribution in [0.25, 0.3) is 0 Å². The summed E-state index contributed by atoms with van der Waals surface area (Å²) in [5.74, 6) is 0.365. The van der Waals surface area contributed by atoms with E-state index >= 15 is 0 Å². The summed E-state index contributed by atoms with van der Waals surface area (Å²) in [7, 11) is 0. The zero-order valence-electron chi connectivity index (χ0n) is 8.30. The first-order valence-electron chi connectivity index (χ1n) is 4.51. The van der Waals surface area contributed by atoms with E-state index in [4.69, 9.17) is 14.9 Å². The van der Waals surface area contributed by atoms with Gasteiger partial charge < -0.3 is 19.7 Å². The largest absolute Gasteiger partial charge is 0.513 e. The summed E-state index contributed by atoms with van der Waals surface area (Å²) < 4.78 is 10.4. The minimum atomic E-state index is -1.08. The van der Waals surface area contributed by atoms with Gasteiger partial charge in [0.1, 0.15) is 18.5 Å². The quantitative estimate of drug-likeness (QED) is 0.490. The molecule has 1 rings (SSSR count). The highest BCUT2D eigenvalue weighted by Crippen LogP contribution is 2.13. The summed E-state index contributed by atoms with van der Waals surface area (Å²) in [4.78, 5) is 11.1. The van der Waals surface area contributed by atoms with Crippen LogP contribution < -0.4 is 4.74 Å². The van der Waals surface area contributed by atoms with Gasteiger partial charge in [0, 0.05) is 3.57 Å². The van der Waals surface area contributed by atoms with E-state index in [-0.39, 0.29) is 6.61 Å². The molecular weight excluding hydrogens is 327 g/mol. The van der Waals surface area contributed by atoms with Gasteiger partial charge in [-0.25, -0.2) is 4.79 Å². The molecule has 1 aromatic rings. The molecule has 0 spiro atoms.